The molecule has 2 heterocycles. The van der Waals surface area contributed by atoms with Crippen molar-refractivity contribution < 1.29 is 87.4 Å². The van der Waals surface area contributed by atoms with Crippen LogP contribution in [0.25, 0.3) is 12.2 Å². The first kappa shape index (κ1) is 61.7. The summed E-state index contributed by atoms with van der Waals surface area (Å²) in [5, 5.41) is 12.2. The van der Waals surface area contributed by atoms with E-state index in [-0.39, 0.29) is 23.3 Å². The van der Waals surface area contributed by atoms with Crippen molar-refractivity contribution in [3.8, 4) is 0 Å². The van der Waals surface area contributed by atoms with Gasteiger partial charge in [-0.1, -0.05) is 24.3 Å². The number of aromatic nitrogens is 6. The molecule has 86 heavy (non-hydrogen) atoms. The van der Waals surface area contributed by atoms with Crippen LogP contribution in [0.4, 0.5) is 46.0 Å². The van der Waals surface area contributed by atoms with Gasteiger partial charge in [0.15, 0.2) is 11.4 Å². The van der Waals surface area contributed by atoms with Crippen molar-refractivity contribution in [1.82, 2.24) is 29.9 Å². The van der Waals surface area contributed by atoms with Gasteiger partial charge in [0.05, 0.1) is 43.7 Å². The van der Waals surface area contributed by atoms with Crippen molar-refractivity contribution in [3.63, 3.8) is 0 Å². The second-order valence-electron chi connectivity index (χ2n) is 17.1. The number of ketones is 2. The van der Waals surface area contributed by atoms with Crippen molar-refractivity contribution in [2.24, 2.45) is 20.2 Å². The van der Waals surface area contributed by atoms with Crippen LogP contribution in [0.5, 0.6) is 0 Å². The molecule has 2 aromatic heterocycles. The van der Waals surface area contributed by atoms with Gasteiger partial charge in [-0.25, -0.2) is 9.98 Å². The number of carbonyl (C=O) groups excluding carboxylic acids is 2. The number of H-pyrrole nitrogens is 2. The summed E-state index contributed by atoms with van der Waals surface area (Å²) in [5.41, 5.74) is -2.99. The van der Waals surface area contributed by atoms with Crippen LogP contribution in [-0.4, -0.2) is 131 Å². The Hall–Kier alpha value is -8.88. The van der Waals surface area contributed by atoms with Gasteiger partial charge in [-0.15, -0.1) is 0 Å². The average Bonchev–Trinajstić information content (AvgIpc) is 1.03. The molecule has 2 aliphatic rings. The van der Waals surface area contributed by atoms with Crippen molar-refractivity contribution >= 4 is 165 Å². The number of nitrogens with one attached hydrogen (secondary N) is 6. The van der Waals surface area contributed by atoms with Crippen LogP contribution in [0, 0.1) is 0 Å². The number of benzene rings is 5. The lowest BCUT2D eigenvalue weighted by atomic mass is 9.93. The van der Waals surface area contributed by atoms with Crippen molar-refractivity contribution in [2.45, 2.75) is 19.6 Å². The van der Waals surface area contributed by atoms with E-state index < -0.39 is 180 Å². The van der Waals surface area contributed by atoms with E-state index in [1.807, 2.05) is 0 Å². The van der Waals surface area contributed by atoms with Gasteiger partial charge in [-0.05, 0) is 119 Å². The highest BCUT2D eigenvalue weighted by molar-refractivity contribution is 7.91. The van der Waals surface area contributed by atoms with Gasteiger partial charge in [0.25, 0.3) is 60.7 Å². The van der Waals surface area contributed by atoms with Crippen molar-refractivity contribution in [2.75, 3.05) is 21.5 Å². The number of hydrogen-bond acceptors (Lipinski definition) is 26. The highest BCUT2D eigenvalue weighted by Crippen LogP contribution is 2.37. The Morgan fingerprint density at radius 1 is 0.442 bits per heavy atom. The Balaban J connectivity index is 1.03. The molecule has 446 valence electrons. The molecule has 0 fully saturated rings. The van der Waals surface area contributed by atoms with Gasteiger partial charge in [0.1, 0.15) is 19.6 Å². The Morgan fingerprint density at radius 2 is 0.791 bits per heavy atom. The number of rotatable bonds is 16. The van der Waals surface area contributed by atoms with E-state index in [4.69, 9.17) is 23.2 Å². The molecule has 0 unspecified atom stereocenters. The maximum absolute atomic E-state index is 14.2. The molecular weight excluding hydrogens is 1310 g/mol. The van der Waals surface area contributed by atoms with E-state index in [0.29, 0.717) is 36.4 Å². The van der Waals surface area contributed by atoms with E-state index in [9.17, 15) is 87.4 Å². The maximum Gasteiger partial charge on any atom is 0.296 e. The summed E-state index contributed by atoms with van der Waals surface area (Å²) in [4.78, 5) is 52.2. The largest absolute Gasteiger partial charge is 0.324 e. The highest BCUT2D eigenvalue weighted by atomic mass is 35.5. The Labute approximate surface area is 491 Å². The number of halogens is 2. The van der Waals surface area contributed by atoms with Crippen LogP contribution in [0.15, 0.2) is 147 Å². The predicted molar refractivity (Wildman–Crippen MR) is 301 cm³/mol. The molecule has 2 aliphatic carbocycles. The zero-order chi connectivity index (χ0) is 62.6. The number of carbonyl (C=O) groups is 2. The molecule has 0 radical (unpaired) electrons. The predicted octanol–water partition coefficient (Wildman–Crippen LogP) is 3.95. The molecule has 0 saturated heterocycles. The van der Waals surface area contributed by atoms with Gasteiger partial charge < -0.3 is 10.6 Å². The molecule has 42 heteroatoms. The van der Waals surface area contributed by atoms with Gasteiger partial charge in [-0.2, -0.15) is 80.6 Å². The SMILES string of the molecule is O=C1/C(=N\Nc2ccccc2S(=O)(=O)O)C(S(=O)(=O)O)=Cc2cc(S(=O)(=O)O)cc(N=c3nc(Nc4ccc(Nc5nc(Cl)[nH]c(=Nc6cc(S(=O)(=O)O)cc7c6C(=O)/C(=N\Nc6ccccc6S(=O)(=O)O)C(S(=O)(=O)O)=C7)n5)cc4)nc(Cl)[nH]3)c21. The molecule has 5 aromatic carbocycles. The lowest BCUT2D eigenvalue weighted by Gasteiger charge is -2.18. The van der Waals surface area contributed by atoms with E-state index in [0.717, 1.165) is 24.3 Å². The third-order valence-electron chi connectivity index (χ3n) is 11.3. The molecule has 9 rings (SSSR count). The minimum absolute atomic E-state index is 0.215. The zero-order valence-corrected chi connectivity index (χ0v) is 48.0. The number of nitrogens with zero attached hydrogens (tertiary/aromatic N) is 8. The smallest absolute Gasteiger partial charge is 0.296 e. The second kappa shape index (κ2) is 22.8. The summed E-state index contributed by atoms with van der Waals surface area (Å²) in [6.07, 6.45) is 1.21. The summed E-state index contributed by atoms with van der Waals surface area (Å²) in [5.74, 6) is -3.38. The number of aromatic amines is 2. The number of para-hydroxylation sites is 2. The van der Waals surface area contributed by atoms with E-state index in [2.05, 4.69) is 71.6 Å². The number of hydrazone groups is 2. The molecule has 34 nitrogen and oxygen atoms in total. The van der Waals surface area contributed by atoms with Crippen molar-refractivity contribution in [3.05, 3.63) is 151 Å². The van der Waals surface area contributed by atoms with Gasteiger partial charge in [0, 0.05) is 11.4 Å². The van der Waals surface area contributed by atoms with Gasteiger partial charge in [0.2, 0.25) is 45.3 Å². The van der Waals surface area contributed by atoms with E-state index >= 15 is 0 Å². The Bertz CT molecular complexity index is 4820. The molecule has 0 aliphatic heterocycles. The Kier molecular flexibility index (Phi) is 16.4. The van der Waals surface area contributed by atoms with Crippen LogP contribution in [0.3, 0.4) is 0 Å². The van der Waals surface area contributed by atoms with Crippen LogP contribution in [0.2, 0.25) is 10.6 Å². The second-order valence-corrected chi connectivity index (χ2v) is 26.2. The number of fused-ring (bicyclic) bond motifs is 2. The third-order valence-corrected chi connectivity index (χ3v) is 16.9. The van der Waals surface area contributed by atoms with E-state index in [1.165, 1.54) is 48.5 Å². The maximum atomic E-state index is 14.2. The minimum atomic E-state index is -5.40. The summed E-state index contributed by atoms with van der Waals surface area (Å²) in [6.45, 7) is 0. The standard InChI is InChI=1S/C44H30Cl2N14O20S6/c45-39-51-41(55-43(53-39)49-27-17-23(81(63,64)65)13-19-15-31(85(75,76)77)35(37(61)33(19)27)59-57-25-5-1-3-7-29(25)83(69,70)71)47-21-9-11-22(12-10-21)48-42-52-40(46)54-44(56-42)50-28-18-24(82(66,67)68)14-20-16-32(86(78,79)80)36(38(62)34(20)28)60-58-26-6-2-4-8-30(26)84(72,73)74/h1-18,57-58H,(H,63,64,65)(H,66,67,68)(H,69,70,71)(H,72,73,74)(H,75,76,77)(H,78,79,80)(H2,47,49,51,53,55)(H2,48,50,52,54,56)/b59-35-,60-36-. The fraction of sp³-hybridized carbons (Fsp3) is 0. The molecule has 0 amide bonds. The van der Waals surface area contributed by atoms with Crippen LogP contribution < -0.4 is 32.7 Å². The van der Waals surface area contributed by atoms with Gasteiger partial charge in [-0.3, -0.25) is 57.7 Å². The molecule has 12 N–H and O–H groups in total. The third kappa shape index (κ3) is 13.8. The zero-order valence-electron chi connectivity index (χ0n) is 41.6. The summed E-state index contributed by atoms with van der Waals surface area (Å²) >= 11 is 12.5. The highest BCUT2D eigenvalue weighted by Gasteiger charge is 2.38. The normalized spacial score (nSPS) is 15.4. The molecule has 7 aromatic rings. The van der Waals surface area contributed by atoms with Gasteiger partial charge >= 0.3 is 0 Å². The quantitative estimate of drug-likeness (QED) is 0.0481. The van der Waals surface area contributed by atoms with Crippen LogP contribution >= 0.6 is 23.2 Å². The van der Waals surface area contributed by atoms with Crippen LogP contribution in [0.1, 0.15) is 31.8 Å². The topological polar surface area (TPSA) is 541 Å². The fourth-order valence-electron chi connectivity index (χ4n) is 7.80. The minimum Gasteiger partial charge on any atom is -0.324 e. The first-order valence-corrected chi connectivity index (χ1v) is 32.0. The van der Waals surface area contributed by atoms with Crippen LogP contribution in [-0.2, 0) is 60.7 Å². The number of allylic oxidation sites excluding steroid dienone is 2. The number of hydrogen-bond donors (Lipinski definition) is 12. The molecule has 0 bridgehead atoms. The summed E-state index contributed by atoms with van der Waals surface area (Å²) < 4.78 is 208. The number of Topliss-reactive ketones (excluding diaryl/α,β-unsaturated/α-hetero) is 2. The summed E-state index contributed by atoms with van der Waals surface area (Å²) in [7, 11) is -31.0. The van der Waals surface area contributed by atoms with E-state index in [1.54, 1.807) is 0 Å². The first-order chi connectivity index (χ1) is 40.0. The molecule has 0 spiro atoms. The monoisotopic (exact) mass is 1340 g/mol. The lowest BCUT2D eigenvalue weighted by molar-refractivity contribution is 0.105. The lowest BCUT2D eigenvalue weighted by Crippen LogP contribution is -2.28. The first-order valence-electron chi connectivity index (χ1n) is 22.6. The number of anilines is 6. The molecule has 0 atom stereocenters. The van der Waals surface area contributed by atoms with Crippen molar-refractivity contribution in [1.29, 1.82) is 0 Å². The molecular formula is C44H30Cl2N14O20S6. The fourth-order valence-corrected chi connectivity index (χ4v) is 11.8. The molecule has 0 saturated carbocycles. The average molecular weight is 1340 g/mol. The summed E-state index contributed by atoms with van der Waals surface area (Å²) in [6, 6.07) is 17.4. The Morgan fingerprint density at radius 3 is 1.12 bits per heavy atom.